The molecule has 0 saturated carbocycles. The molecule has 1 aromatic heterocycles. The summed E-state index contributed by atoms with van der Waals surface area (Å²) in [7, 11) is 0. The zero-order valence-corrected chi connectivity index (χ0v) is 11.8. The smallest absolute Gasteiger partial charge is 0.285 e. The van der Waals surface area contributed by atoms with Crippen molar-refractivity contribution >= 4 is 17.3 Å². The molecule has 1 aliphatic rings. The van der Waals surface area contributed by atoms with E-state index in [0.717, 1.165) is 31.6 Å². The van der Waals surface area contributed by atoms with Crippen LogP contribution in [0.15, 0.2) is 41.3 Å². The zero-order chi connectivity index (χ0) is 13.9. The number of halogens is 1. The van der Waals surface area contributed by atoms with Crippen LogP contribution in [-0.2, 0) is 0 Å². The molecule has 1 fully saturated rings. The average Bonchev–Trinajstić information content (AvgIpc) is 2.51. The summed E-state index contributed by atoms with van der Waals surface area (Å²) >= 11 is 6.05. The number of aromatic amines is 1. The van der Waals surface area contributed by atoms with Crippen molar-refractivity contribution in [1.29, 1.82) is 0 Å². The highest BCUT2D eigenvalue weighted by molar-refractivity contribution is 6.32. The first-order valence-electron chi connectivity index (χ1n) is 6.79. The molecule has 0 bridgehead atoms. The Morgan fingerprint density at radius 2 is 1.90 bits per heavy atom. The molecule has 1 saturated heterocycles. The van der Waals surface area contributed by atoms with Crippen molar-refractivity contribution in [3.63, 3.8) is 0 Å². The van der Waals surface area contributed by atoms with Crippen molar-refractivity contribution in [2.75, 3.05) is 18.0 Å². The van der Waals surface area contributed by atoms with Crippen LogP contribution < -0.4 is 10.5 Å². The summed E-state index contributed by atoms with van der Waals surface area (Å²) in [5.41, 5.74) is 1.80. The minimum Gasteiger partial charge on any atom is -0.369 e. The van der Waals surface area contributed by atoms with Crippen LogP contribution in [0.5, 0.6) is 0 Å². The fraction of sp³-hybridized carbons (Fsp3) is 0.333. The van der Waals surface area contributed by atoms with Crippen molar-refractivity contribution in [1.82, 2.24) is 10.2 Å². The second kappa shape index (κ2) is 5.67. The van der Waals surface area contributed by atoms with Crippen LogP contribution in [0.25, 0.3) is 0 Å². The molecule has 0 spiro atoms. The summed E-state index contributed by atoms with van der Waals surface area (Å²) in [6, 6.07) is 10.6. The van der Waals surface area contributed by atoms with Crippen LogP contribution >= 0.6 is 11.6 Å². The van der Waals surface area contributed by atoms with Crippen molar-refractivity contribution < 1.29 is 0 Å². The third-order valence-electron chi connectivity index (χ3n) is 3.88. The van der Waals surface area contributed by atoms with Crippen molar-refractivity contribution in [2.45, 2.75) is 18.8 Å². The Bertz CT molecular complexity index is 633. The first-order chi connectivity index (χ1) is 9.75. The Hall–Kier alpha value is -1.81. The van der Waals surface area contributed by atoms with Gasteiger partial charge >= 0.3 is 0 Å². The Labute approximate surface area is 122 Å². The number of rotatable bonds is 2. The van der Waals surface area contributed by atoms with Gasteiger partial charge in [-0.05, 0) is 24.3 Å². The molecule has 0 radical (unpaired) electrons. The fourth-order valence-electron chi connectivity index (χ4n) is 2.77. The van der Waals surface area contributed by atoms with Gasteiger partial charge in [0.25, 0.3) is 5.56 Å². The number of anilines is 1. The molecule has 4 nitrogen and oxygen atoms in total. The summed E-state index contributed by atoms with van der Waals surface area (Å²) in [4.78, 5) is 13.6. The molecule has 0 atom stereocenters. The Morgan fingerprint density at radius 1 is 1.20 bits per heavy atom. The van der Waals surface area contributed by atoms with Gasteiger partial charge in [-0.15, -0.1) is 0 Å². The summed E-state index contributed by atoms with van der Waals surface area (Å²) in [6.45, 7) is 1.79. The van der Waals surface area contributed by atoms with E-state index in [0.29, 0.717) is 5.92 Å². The van der Waals surface area contributed by atoms with Crippen molar-refractivity contribution in [2.24, 2.45) is 0 Å². The highest BCUT2D eigenvalue weighted by Gasteiger charge is 2.22. The predicted molar refractivity (Wildman–Crippen MR) is 80.5 cm³/mol. The molecule has 0 amide bonds. The molecule has 1 aromatic carbocycles. The molecule has 104 valence electrons. The normalized spacial score (nSPS) is 16.4. The third kappa shape index (κ3) is 2.56. The molecule has 3 rings (SSSR count). The van der Waals surface area contributed by atoms with Gasteiger partial charge in [-0.2, -0.15) is 5.10 Å². The number of H-pyrrole nitrogens is 1. The lowest BCUT2D eigenvalue weighted by Crippen LogP contribution is -2.34. The van der Waals surface area contributed by atoms with Gasteiger partial charge in [0.05, 0.1) is 11.9 Å². The van der Waals surface area contributed by atoms with Gasteiger partial charge in [-0.3, -0.25) is 4.79 Å². The highest BCUT2D eigenvalue weighted by atomic mass is 35.5. The Balaban J connectivity index is 1.73. The molecule has 1 aliphatic heterocycles. The molecular formula is C15H16ClN3O. The van der Waals surface area contributed by atoms with Crippen LogP contribution in [0.1, 0.15) is 24.3 Å². The Kier molecular flexibility index (Phi) is 3.74. The minimum atomic E-state index is -0.325. The number of aromatic nitrogens is 2. The summed E-state index contributed by atoms with van der Waals surface area (Å²) in [5, 5.41) is 6.42. The zero-order valence-electron chi connectivity index (χ0n) is 11.1. The number of piperidine rings is 1. The highest BCUT2D eigenvalue weighted by Crippen LogP contribution is 2.31. The number of hydrogen-bond acceptors (Lipinski definition) is 3. The lowest BCUT2D eigenvalue weighted by Gasteiger charge is -2.33. The van der Waals surface area contributed by atoms with Gasteiger partial charge in [0, 0.05) is 13.1 Å². The summed E-state index contributed by atoms with van der Waals surface area (Å²) in [6.07, 6.45) is 3.76. The molecule has 5 heteroatoms. The second-order valence-electron chi connectivity index (χ2n) is 5.07. The maximum atomic E-state index is 11.5. The maximum absolute atomic E-state index is 11.5. The van der Waals surface area contributed by atoms with Gasteiger partial charge in [0.2, 0.25) is 0 Å². The van der Waals surface area contributed by atoms with E-state index in [1.54, 1.807) is 6.20 Å². The van der Waals surface area contributed by atoms with Gasteiger partial charge in [-0.25, -0.2) is 5.10 Å². The second-order valence-corrected chi connectivity index (χ2v) is 5.45. The van der Waals surface area contributed by atoms with Gasteiger partial charge in [0.15, 0.2) is 0 Å². The number of nitrogens with one attached hydrogen (secondary N) is 1. The monoisotopic (exact) mass is 289 g/mol. The van der Waals surface area contributed by atoms with E-state index in [1.165, 1.54) is 5.56 Å². The van der Waals surface area contributed by atoms with Crippen molar-refractivity contribution in [3.8, 4) is 0 Å². The standard InChI is InChI=1S/C15H16ClN3O/c16-14-13(10-17-18-15(14)20)19-8-6-12(7-9-19)11-4-2-1-3-5-11/h1-5,10,12H,6-9H2,(H,18,20). The van der Waals surface area contributed by atoms with E-state index >= 15 is 0 Å². The molecule has 2 aromatic rings. The van der Waals surface area contributed by atoms with Crippen molar-refractivity contribution in [3.05, 3.63) is 57.5 Å². The average molecular weight is 290 g/mol. The van der Waals surface area contributed by atoms with E-state index < -0.39 is 0 Å². The van der Waals surface area contributed by atoms with E-state index in [1.807, 2.05) is 6.07 Å². The summed E-state index contributed by atoms with van der Waals surface area (Å²) in [5.74, 6) is 0.584. The summed E-state index contributed by atoms with van der Waals surface area (Å²) < 4.78 is 0. The number of benzene rings is 1. The number of hydrogen-bond donors (Lipinski definition) is 1. The molecule has 0 aliphatic carbocycles. The maximum Gasteiger partial charge on any atom is 0.285 e. The molecule has 0 unspecified atom stereocenters. The predicted octanol–water partition coefficient (Wildman–Crippen LogP) is 2.81. The van der Waals surface area contributed by atoms with Crippen LogP contribution in [-0.4, -0.2) is 23.3 Å². The molecule has 2 heterocycles. The quantitative estimate of drug-likeness (QED) is 0.925. The molecule has 20 heavy (non-hydrogen) atoms. The topological polar surface area (TPSA) is 49.0 Å². The van der Waals surface area contributed by atoms with Crippen LogP contribution in [0, 0.1) is 0 Å². The minimum absolute atomic E-state index is 0.234. The first kappa shape index (κ1) is 13.2. The lowest BCUT2D eigenvalue weighted by atomic mass is 9.89. The van der Waals surface area contributed by atoms with Crippen LogP contribution in [0.2, 0.25) is 5.02 Å². The van der Waals surface area contributed by atoms with E-state index in [9.17, 15) is 4.79 Å². The van der Waals surface area contributed by atoms with E-state index in [-0.39, 0.29) is 10.6 Å². The lowest BCUT2D eigenvalue weighted by molar-refractivity contribution is 0.505. The Morgan fingerprint density at radius 3 is 2.60 bits per heavy atom. The fourth-order valence-corrected chi connectivity index (χ4v) is 2.98. The third-order valence-corrected chi connectivity index (χ3v) is 4.25. The van der Waals surface area contributed by atoms with Gasteiger partial charge in [-0.1, -0.05) is 41.9 Å². The van der Waals surface area contributed by atoms with Gasteiger partial charge < -0.3 is 4.90 Å². The molecular weight excluding hydrogens is 274 g/mol. The van der Waals surface area contributed by atoms with E-state index in [2.05, 4.69) is 39.4 Å². The van der Waals surface area contributed by atoms with E-state index in [4.69, 9.17) is 11.6 Å². The van der Waals surface area contributed by atoms with Crippen LogP contribution in [0.4, 0.5) is 5.69 Å². The molecule has 1 N–H and O–H groups in total. The number of nitrogens with zero attached hydrogens (tertiary/aromatic N) is 2. The first-order valence-corrected chi connectivity index (χ1v) is 7.16. The SMILES string of the molecule is O=c1[nH]ncc(N2CCC(c3ccccc3)CC2)c1Cl. The van der Waals surface area contributed by atoms with Gasteiger partial charge in [0.1, 0.15) is 5.02 Å². The largest absolute Gasteiger partial charge is 0.369 e. The van der Waals surface area contributed by atoms with Crippen LogP contribution in [0.3, 0.4) is 0 Å².